The van der Waals surface area contributed by atoms with Gasteiger partial charge in [0.05, 0.1) is 5.69 Å². The number of fused-ring (bicyclic) bond motifs is 2. The molecule has 1 amide bonds. The molecule has 25 heavy (non-hydrogen) atoms. The van der Waals surface area contributed by atoms with Gasteiger partial charge in [-0.15, -0.1) is 0 Å². The van der Waals surface area contributed by atoms with E-state index in [-0.39, 0.29) is 12.0 Å². The number of carbonyl (C=O) groups is 1. The molecule has 0 saturated carbocycles. The third-order valence-corrected chi connectivity index (χ3v) is 4.58. The summed E-state index contributed by atoms with van der Waals surface area (Å²) in [5.74, 6) is 0.842. The molecule has 0 fully saturated rings. The van der Waals surface area contributed by atoms with Crippen molar-refractivity contribution in [2.24, 2.45) is 0 Å². The van der Waals surface area contributed by atoms with Crippen molar-refractivity contribution in [3.63, 3.8) is 0 Å². The fraction of sp³-hybridized carbons (Fsp3) is 0.300. The number of nitrogens with zero attached hydrogens (tertiary/aromatic N) is 2. The number of ether oxygens (including phenoxy) is 1. The van der Waals surface area contributed by atoms with Gasteiger partial charge in [-0.25, -0.2) is 4.98 Å². The fourth-order valence-electron chi connectivity index (χ4n) is 3.39. The second-order valence-electron chi connectivity index (χ2n) is 6.74. The molecule has 0 unspecified atom stereocenters. The molecule has 5 heteroatoms. The van der Waals surface area contributed by atoms with Crippen LogP contribution in [0.15, 0.2) is 36.5 Å². The zero-order chi connectivity index (χ0) is 17.6. The Hall–Kier alpha value is -2.82. The number of aryl methyl sites for hydroxylation is 2. The number of benzene rings is 1. The number of pyridine rings is 1. The van der Waals surface area contributed by atoms with Gasteiger partial charge in [-0.3, -0.25) is 9.20 Å². The summed E-state index contributed by atoms with van der Waals surface area (Å²) in [6.07, 6.45) is 3.04. The summed E-state index contributed by atoms with van der Waals surface area (Å²) >= 11 is 0. The highest BCUT2D eigenvalue weighted by molar-refractivity contribution is 5.94. The lowest BCUT2D eigenvalue weighted by Gasteiger charge is -2.08. The lowest BCUT2D eigenvalue weighted by atomic mass is 10.1. The Kier molecular flexibility index (Phi) is 3.71. The Morgan fingerprint density at radius 3 is 3.00 bits per heavy atom. The Bertz CT molecular complexity index is 974. The fourth-order valence-corrected chi connectivity index (χ4v) is 3.39. The van der Waals surface area contributed by atoms with E-state index >= 15 is 0 Å². The van der Waals surface area contributed by atoms with Gasteiger partial charge < -0.3 is 10.1 Å². The molecule has 0 bridgehead atoms. The maximum Gasteiger partial charge on any atom is 0.270 e. The molecule has 5 nitrogen and oxygen atoms in total. The largest absolute Gasteiger partial charge is 0.490 e. The summed E-state index contributed by atoms with van der Waals surface area (Å²) in [5, 5.41) is 3.01. The third-order valence-electron chi connectivity index (χ3n) is 4.58. The van der Waals surface area contributed by atoms with Gasteiger partial charge in [0.15, 0.2) is 0 Å². The van der Waals surface area contributed by atoms with Crippen LogP contribution in [-0.4, -0.2) is 21.4 Å². The van der Waals surface area contributed by atoms with Gasteiger partial charge in [-0.2, -0.15) is 0 Å². The average molecular weight is 335 g/mol. The first kappa shape index (κ1) is 15.7. The van der Waals surface area contributed by atoms with Crippen molar-refractivity contribution < 1.29 is 9.53 Å². The summed E-state index contributed by atoms with van der Waals surface area (Å²) in [7, 11) is 0. The van der Waals surface area contributed by atoms with Crippen molar-refractivity contribution >= 4 is 11.6 Å². The molecule has 0 saturated heterocycles. The minimum atomic E-state index is -0.112. The summed E-state index contributed by atoms with van der Waals surface area (Å²) in [6, 6.07) is 10.1. The predicted octanol–water partition coefficient (Wildman–Crippen LogP) is 3.20. The van der Waals surface area contributed by atoms with Crippen molar-refractivity contribution in [2.45, 2.75) is 39.8 Å². The Labute approximate surface area is 146 Å². The smallest absolute Gasteiger partial charge is 0.270 e. The van der Waals surface area contributed by atoms with Crippen LogP contribution in [0, 0.1) is 13.8 Å². The SMILES string of the molecule is Cc1ccn2c(C(=O)NCc3ccc4c(c3)C[C@@H](C)O4)c(C)nc2c1. The van der Waals surface area contributed by atoms with Crippen molar-refractivity contribution in [1.29, 1.82) is 0 Å². The standard InChI is InChI=1S/C20H21N3O2/c1-12-6-7-23-18(8-12)22-14(3)19(23)20(24)21-11-15-4-5-17-16(10-15)9-13(2)25-17/h4-8,10,13H,9,11H2,1-3H3,(H,21,24)/t13-/m1/s1. The van der Waals surface area contributed by atoms with E-state index in [0.717, 1.165) is 34.6 Å². The third kappa shape index (κ3) is 2.86. The molecule has 0 aliphatic carbocycles. The molecule has 0 radical (unpaired) electrons. The topological polar surface area (TPSA) is 55.6 Å². The molecule has 1 N–H and O–H groups in total. The molecular weight excluding hydrogens is 314 g/mol. The lowest BCUT2D eigenvalue weighted by Crippen LogP contribution is -2.25. The quantitative estimate of drug-likeness (QED) is 0.800. The van der Waals surface area contributed by atoms with Crippen LogP contribution in [0.5, 0.6) is 5.75 Å². The van der Waals surface area contributed by atoms with Crippen LogP contribution in [-0.2, 0) is 13.0 Å². The highest BCUT2D eigenvalue weighted by atomic mass is 16.5. The molecule has 2 aromatic heterocycles. The molecule has 128 valence electrons. The zero-order valence-electron chi connectivity index (χ0n) is 14.7. The molecule has 1 aliphatic rings. The van der Waals surface area contributed by atoms with Crippen LogP contribution in [0.4, 0.5) is 0 Å². The van der Waals surface area contributed by atoms with Gasteiger partial charge in [0.25, 0.3) is 5.91 Å². The zero-order valence-corrected chi connectivity index (χ0v) is 14.7. The van der Waals surface area contributed by atoms with Crippen LogP contribution in [0.2, 0.25) is 0 Å². The highest BCUT2D eigenvalue weighted by Crippen LogP contribution is 2.29. The van der Waals surface area contributed by atoms with Crippen LogP contribution in [0.3, 0.4) is 0 Å². The van der Waals surface area contributed by atoms with E-state index in [1.807, 2.05) is 48.7 Å². The second-order valence-corrected chi connectivity index (χ2v) is 6.74. The molecule has 1 atom stereocenters. The van der Waals surface area contributed by atoms with Crippen molar-refractivity contribution in [2.75, 3.05) is 0 Å². The van der Waals surface area contributed by atoms with E-state index in [2.05, 4.69) is 23.3 Å². The van der Waals surface area contributed by atoms with Gasteiger partial charge >= 0.3 is 0 Å². The van der Waals surface area contributed by atoms with Crippen LogP contribution in [0.1, 0.15) is 39.8 Å². The molecular formula is C20H21N3O2. The molecule has 3 aromatic rings. The molecule has 4 rings (SSSR count). The summed E-state index contributed by atoms with van der Waals surface area (Å²) in [6.45, 7) is 6.43. The number of amides is 1. The molecule has 1 aliphatic heterocycles. The summed E-state index contributed by atoms with van der Waals surface area (Å²) < 4.78 is 7.56. The summed E-state index contributed by atoms with van der Waals surface area (Å²) in [5.41, 5.74) is 5.53. The Morgan fingerprint density at radius 1 is 1.32 bits per heavy atom. The van der Waals surface area contributed by atoms with E-state index < -0.39 is 0 Å². The van der Waals surface area contributed by atoms with Crippen molar-refractivity contribution in [3.8, 4) is 5.75 Å². The first-order chi connectivity index (χ1) is 12.0. The minimum Gasteiger partial charge on any atom is -0.490 e. The number of aromatic nitrogens is 2. The predicted molar refractivity (Wildman–Crippen MR) is 96.1 cm³/mol. The first-order valence-electron chi connectivity index (χ1n) is 8.53. The Morgan fingerprint density at radius 2 is 2.16 bits per heavy atom. The monoisotopic (exact) mass is 335 g/mol. The van der Waals surface area contributed by atoms with E-state index in [0.29, 0.717) is 12.2 Å². The van der Waals surface area contributed by atoms with Gasteiger partial charge in [0, 0.05) is 19.2 Å². The van der Waals surface area contributed by atoms with Gasteiger partial charge in [-0.1, -0.05) is 12.1 Å². The van der Waals surface area contributed by atoms with E-state index in [1.165, 1.54) is 5.56 Å². The molecule has 0 spiro atoms. The molecule has 1 aromatic carbocycles. The van der Waals surface area contributed by atoms with Crippen molar-refractivity contribution in [3.05, 3.63) is 64.6 Å². The number of hydrogen-bond donors (Lipinski definition) is 1. The minimum absolute atomic E-state index is 0.112. The van der Waals surface area contributed by atoms with E-state index in [4.69, 9.17) is 4.74 Å². The van der Waals surface area contributed by atoms with Crippen LogP contribution in [0.25, 0.3) is 5.65 Å². The van der Waals surface area contributed by atoms with E-state index in [9.17, 15) is 4.79 Å². The average Bonchev–Trinajstić information content (AvgIpc) is 3.09. The highest BCUT2D eigenvalue weighted by Gasteiger charge is 2.20. The normalized spacial score (nSPS) is 15.9. The summed E-state index contributed by atoms with van der Waals surface area (Å²) in [4.78, 5) is 17.2. The van der Waals surface area contributed by atoms with Gasteiger partial charge in [0.1, 0.15) is 23.2 Å². The number of hydrogen-bond acceptors (Lipinski definition) is 3. The van der Waals surface area contributed by atoms with Crippen LogP contribution >= 0.6 is 0 Å². The lowest BCUT2D eigenvalue weighted by molar-refractivity contribution is 0.0944. The van der Waals surface area contributed by atoms with Gasteiger partial charge in [-0.05, 0) is 55.7 Å². The number of imidazole rings is 1. The number of rotatable bonds is 3. The maximum absolute atomic E-state index is 12.7. The van der Waals surface area contributed by atoms with Gasteiger partial charge in [0.2, 0.25) is 0 Å². The second kappa shape index (κ2) is 5.92. The van der Waals surface area contributed by atoms with Crippen molar-refractivity contribution in [1.82, 2.24) is 14.7 Å². The maximum atomic E-state index is 12.7. The Balaban J connectivity index is 1.53. The number of carbonyl (C=O) groups excluding carboxylic acids is 1. The first-order valence-corrected chi connectivity index (χ1v) is 8.53. The van der Waals surface area contributed by atoms with E-state index in [1.54, 1.807) is 0 Å². The van der Waals surface area contributed by atoms with Crippen LogP contribution < -0.4 is 10.1 Å². The number of nitrogens with one attached hydrogen (secondary N) is 1. The molecule has 3 heterocycles.